The van der Waals surface area contributed by atoms with Gasteiger partial charge in [-0.2, -0.15) is 0 Å². The summed E-state index contributed by atoms with van der Waals surface area (Å²) in [5.41, 5.74) is 4.47. The van der Waals surface area contributed by atoms with Crippen molar-refractivity contribution in [2.45, 2.75) is 91.9 Å². The van der Waals surface area contributed by atoms with E-state index in [2.05, 4.69) is 56.9 Å². The number of aryl methyl sites for hydroxylation is 1. The van der Waals surface area contributed by atoms with Crippen LogP contribution < -0.4 is 4.90 Å². The maximum absolute atomic E-state index is 2.48. The van der Waals surface area contributed by atoms with Gasteiger partial charge in [0, 0.05) is 18.8 Å². The molecular weight excluding hydrogens is 338 g/mol. The average Bonchev–Trinajstić information content (AvgIpc) is 3.40. The molecule has 3 atom stereocenters. The molecule has 2 bridgehead atoms. The van der Waals surface area contributed by atoms with Gasteiger partial charge in [0.2, 0.25) is 0 Å². The Bertz CT molecular complexity index is 646. The lowest BCUT2D eigenvalue weighted by Gasteiger charge is -2.42. The molecular formula is C27H43N. The summed E-state index contributed by atoms with van der Waals surface area (Å²) in [5, 5.41) is 0. The van der Waals surface area contributed by atoms with Crippen LogP contribution in [0.25, 0.3) is 0 Å². The molecule has 0 radical (unpaired) electrons. The van der Waals surface area contributed by atoms with Crippen LogP contribution in [0.5, 0.6) is 0 Å². The lowest BCUT2D eigenvalue weighted by molar-refractivity contribution is 0.0877. The Kier molecular flexibility index (Phi) is 5.83. The molecule has 7 rings (SSSR count). The van der Waals surface area contributed by atoms with Crippen molar-refractivity contribution in [3.63, 3.8) is 0 Å². The van der Waals surface area contributed by atoms with Crippen LogP contribution in [0, 0.1) is 35.5 Å². The fourth-order valence-corrected chi connectivity index (χ4v) is 7.05. The van der Waals surface area contributed by atoms with E-state index >= 15 is 0 Å². The van der Waals surface area contributed by atoms with Crippen LogP contribution in [-0.2, 0) is 0 Å². The number of benzene rings is 1. The van der Waals surface area contributed by atoms with Gasteiger partial charge in [0.05, 0.1) is 0 Å². The summed E-state index contributed by atoms with van der Waals surface area (Å²) in [6.07, 6.45) is 15.0. The zero-order valence-corrected chi connectivity index (χ0v) is 19.0. The molecule has 156 valence electrons. The van der Waals surface area contributed by atoms with Crippen LogP contribution in [0.15, 0.2) is 24.3 Å². The highest BCUT2D eigenvalue weighted by Crippen LogP contribution is 2.59. The normalized spacial score (nSPS) is 39.7. The smallest absolute Gasteiger partial charge is 0.0395 e. The number of anilines is 1. The SMILES string of the molecule is CC12CCC(C1)C2.CC1CC2CCC2(C)C1.Cc1ccccc1N1CCCC1. The summed E-state index contributed by atoms with van der Waals surface area (Å²) in [6.45, 7) is 12.0. The quantitative estimate of drug-likeness (QED) is 0.483. The maximum Gasteiger partial charge on any atom is 0.0395 e. The maximum atomic E-state index is 2.48. The highest BCUT2D eigenvalue weighted by atomic mass is 15.1. The number of hydrogen-bond donors (Lipinski definition) is 0. The molecule has 1 aliphatic heterocycles. The van der Waals surface area contributed by atoms with E-state index in [1.807, 2.05) is 0 Å². The topological polar surface area (TPSA) is 3.24 Å². The molecule has 1 aromatic carbocycles. The van der Waals surface area contributed by atoms with E-state index in [1.54, 1.807) is 12.8 Å². The fourth-order valence-electron chi connectivity index (χ4n) is 7.05. The van der Waals surface area contributed by atoms with Crippen molar-refractivity contribution in [2.75, 3.05) is 18.0 Å². The van der Waals surface area contributed by atoms with Gasteiger partial charge in [0.25, 0.3) is 0 Å². The summed E-state index contributed by atoms with van der Waals surface area (Å²) in [7, 11) is 0. The Morgan fingerprint density at radius 1 is 0.929 bits per heavy atom. The Balaban J connectivity index is 0.000000107. The van der Waals surface area contributed by atoms with E-state index in [9.17, 15) is 0 Å². The zero-order valence-electron chi connectivity index (χ0n) is 19.0. The molecule has 3 unspecified atom stereocenters. The molecule has 1 heterocycles. The predicted molar refractivity (Wildman–Crippen MR) is 122 cm³/mol. The molecule has 5 aliphatic carbocycles. The molecule has 1 aromatic rings. The van der Waals surface area contributed by atoms with Gasteiger partial charge >= 0.3 is 0 Å². The largest absolute Gasteiger partial charge is 0.371 e. The molecule has 1 heteroatoms. The molecule has 0 aromatic heterocycles. The van der Waals surface area contributed by atoms with Crippen molar-refractivity contribution in [3.8, 4) is 0 Å². The van der Waals surface area contributed by atoms with Crippen molar-refractivity contribution >= 4 is 5.69 Å². The number of para-hydroxylation sites is 1. The van der Waals surface area contributed by atoms with Crippen molar-refractivity contribution in [1.82, 2.24) is 0 Å². The van der Waals surface area contributed by atoms with Crippen molar-refractivity contribution < 1.29 is 0 Å². The van der Waals surface area contributed by atoms with Gasteiger partial charge in [-0.05, 0) is 111 Å². The molecule has 6 fully saturated rings. The monoisotopic (exact) mass is 381 g/mol. The highest BCUT2D eigenvalue weighted by molar-refractivity contribution is 5.53. The first-order valence-electron chi connectivity index (χ1n) is 12.2. The van der Waals surface area contributed by atoms with Crippen molar-refractivity contribution in [1.29, 1.82) is 0 Å². The minimum atomic E-state index is 0.805. The number of rotatable bonds is 1. The Hall–Kier alpha value is -0.980. The van der Waals surface area contributed by atoms with Crippen LogP contribution in [0.4, 0.5) is 5.69 Å². The van der Waals surface area contributed by atoms with E-state index in [1.165, 1.54) is 75.7 Å². The summed E-state index contributed by atoms with van der Waals surface area (Å²) >= 11 is 0. The number of fused-ring (bicyclic) bond motifs is 2. The third kappa shape index (κ3) is 4.29. The summed E-state index contributed by atoms with van der Waals surface area (Å²) in [6, 6.07) is 8.64. The second-order valence-corrected chi connectivity index (χ2v) is 11.5. The van der Waals surface area contributed by atoms with E-state index in [-0.39, 0.29) is 0 Å². The molecule has 1 saturated heterocycles. The minimum Gasteiger partial charge on any atom is -0.371 e. The summed E-state index contributed by atoms with van der Waals surface area (Å²) < 4.78 is 0. The molecule has 1 nitrogen and oxygen atoms in total. The van der Waals surface area contributed by atoms with Crippen LogP contribution in [0.1, 0.15) is 90.5 Å². The van der Waals surface area contributed by atoms with Gasteiger partial charge in [-0.1, -0.05) is 39.0 Å². The third-order valence-electron chi connectivity index (χ3n) is 8.83. The zero-order chi connectivity index (χ0) is 19.8. The minimum absolute atomic E-state index is 0.805. The van der Waals surface area contributed by atoms with E-state index in [4.69, 9.17) is 0 Å². The Morgan fingerprint density at radius 2 is 1.64 bits per heavy atom. The van der Waals surface area contributed by atoms with Crippen molar-refractivity contribution in [2.24, 2.45) is 28.6 Å². The van der Waals surface area contributed by atoms with Crippen molar-refractivity contribution in [3.05, 3.63) is 29.8 Å². The third-order valence-corrected chi connectivity index (χ3v) is 8.83. The first-order chi connectivity index (χ1) is 13.4. The first kappa shape index (κ1) is 20.3. The average molecular weight is 382 g/mol. The van der Waals surface area contributed by atoms with E-state index in [0.29, 0.717) is 0 Å². The van der Waals surface area contributed by atoms with E-state index in [0.717, 1.165) is 28.6 Å². The second-order valence-electron chi connectivity index (χ2n) is 11.5. The van der Waals surface area contributed by atoms with Crippen LogP contribution in [0.2, 0.25) is 0 Å². The molecule has 0 spiro atoms. The van der Waals surface area contributed by atoms with Gasteiger partial charge in [-0.15, -0.1) is 0 Å². The van der Waals surface area contributed by atoms with E-state index < -0.39 is 0 Å². The lowest BCUT2D eigenvalue weighted by atomic mass is 9.63. The molecule has 28 heavy (non-hydrogen) atoms. The Morgan fingerprint density at radius 3 is 2.04 bits per heavy atom. The molecule has 0 N–H and O–H groups in total. The number of nitrogens with zero attached hydrogens (tertiary/aromatic N) is 1. The van der Waals surface area contributed by atoms with Gasteiger partial charge in [-0.3, -0.25) is 0 Å². The predicted octanol–water partition coefficient (Wildman–Crippen LogP) is 7.62. The molecule has 5 saturated carbocycles. The van der Waals surface area contributed by atoms with Crippen LogP contribution >= 0.6 is 0 Å². The lowest BCUT2D eigenvalue weighted by Crippen LogP contribution is -2.31. The summed E-state index contributed by atoms with van der Waals surface area (Å²) in [4.78, 5) is 2.48. The standard InChI is InChI=1S/C11H15N.C9H16.C7H12/c1-10-6-2-3-7-11(10)12-8-4-5-9-12;1-7-5-8-3-4-9(8,2)6-7;1-7-3-2-6(4-7)5-7/h2-3,6-7H,4-5,8-9H2,1H3;7-8H,3-6H2,1-2H3;6H,2-5H2,1H3. The number of hydrogen-bond acceptors (Lipinski definition) is 1. The molecule has 0 amide bonds. The van der Waals surface area contributed by atoms with Gasteiger partial charge in [0.1, 0.15) is 0 Å². The van der Waals surface area contributed by atoms with Gasteiger partial charge < -0.3 is 4.90 Å². The fraction of sp³-hybridized carbons (Fsp3) is 0.778. The van der Waals surface area contributed by atoms with Crippen LogP contribution in [0.3, 0.4) is 0 Å². The van der Waals surface area contributed by atoms with Crippen LogP contribution in [-0.4, -0.2) is 13.1 Å². The first-order valence-corrected chi connectivity index (χ1v) is 12.2. The molecule has 6 aliphatic rings. The Labute approximate surface area is 174 Å². The van der Waals surface area contributed by atoms with Gasteiger partial charge in [-0.25, -0.2) is 0 Å². The second kappa shape index (κ2) is 8.04. The summed E-state index contributed by atoms with van der Waals surface area (Å²) in [5.74, 6) is 3.31. The highest BCUT2D eigenvalue weighted by Gasteiger charge is 2.48. The van der Waals surface area contributed by atoms with Gasteiger partial charge in [0.15, 0.2) is 0 Å².